The second-order valence-electron chi connectivity index (χ2n) is 5.33. The van der Waals surface area contributed by atoms with E-state index in [0.29, 0.717) is 6.61 Å². The highest BCUT2D eigenvalue weighted by molar-refractivity contribution is 5.98. The van der Waals surface area contributed by atoms with Gasteiger partial charge in [-0.2, -0.15) is 0 Å². The Morgan fingerprint density at radius 1 is 1.43 bits per heavy atom. The van der Waals surface area contributed by atoms with Crippen LogP contribution in [-0.4, -0.2) is 24.6 Å². The molecule has 1 aliphatic rings. The van der Waals surface area contributed by atoms with Crippen LogP contribution in [0, 0.1) is 6.92 Å². The predicted molar refractivity (Wildman–Crippen MR) is 88.5 cm³/mol. The van der Waals surface area contributed by atoms with E-state index in [1.807, 2.05) is 32.0 Å². The van der Waals surface area contributed by atoms with Gasteiger partial charge >= 0.3 is 0 Å². The van der Waals surface area contributed by atoms with E-state index in [0.717, 1.165) is 42.8 Å². The molecule has 0 aliphatic carbocycles. The number of ether oxygens (including phenoxy) is 1. The van der Waals surface area contributed by atoms with Crippen molar-refractivity contribution < 1.29 is 9.53 Å². The van der Waals surface area contributed by atoms with Crippen molar-refractivity contribution in [1.29, 1.82) is 0 Å². The van der Waals surface area contributed by atoms with E-state index < -0.39 is 5.54 Å². The third-order valence-corrected chi connectivity index (χ3v) is 4.04. The Morgan fingerprint density at radius 2 is 2.19 bits per heavy atom. The third kappa shape index (κ3) is 3.89. The predicted octanol–water partition coefficient (Wildman–Crippen LogP) is 3.29. The first-order valence-corrected chi connectivity index (χ1v) is 7.41. The fourth-order valence-electron chi connectivity index (χ4n) is 2.74. The summed E-state index contributed by atoms with van der Waals surface area (Å²) >= 11 is 0. The summed E-state index contributed by atoms with van der Waals surface area (Å²) in [6.07, 6.45) is 2.78. The Morgan fingerprint density at radius 3 is 2.71 bits per heavy atom. The molecule has 1 heterocycles. The SMILES string of the molecule is CCOc1ccc(NC(=O)C2(CC)CCCN2)c(C)c1.Cl. The Balaban J connectivity index is 0.00000220. The van der Waals surface area contributed by atoms with Gasteiger partial charge in [-0.3, -0.25) is 4.79 Å². The number of aryl methyl sites for hydroxylation is 1. The summed E-state index contributed by atoms with van der Waals surface area (Å²) in [4.78, 5) is 12.5. The van der Waals surface area contributed by atoms with Gasteiger partial charge in [0.1, 0.15) is 5.75 Å². The van der Waals surface area contributed by atoms with Crippen LogP contribution in [0.15, 0.2) is 18.2 Å². The molecule has 21 heavy (non-hydrogen) atoms. The van der Waals surface area contributed by atoms with Crippen molar-refractivity contribution in [3.63, 3.8) is 0 Å². The van der Waals surface area contributed by atoms with Gasteiger partial charge < -0.3 is 15.4 Å². The number of halogens is 1. The Kier molecular flexibility index (Phi) is 6.49. The summed E-state index contributed by atoms with van der Waals surface area (Å²) in [5.74, 6) is 0.914. The van der Waals surface area contributed by atoms with Crippen LogP contribution in [0.5, 0.6) is 5.75 Å². The number of hydrogen-bond donors (Lipinski definition) is 2. The molecule has 1 atom stereocenters. The molecule has 0 saturated carbocycles. The minimum absolute atomic E-state index is 0. The van der Waals surface area contributed by atoms with Gasteiger partial charge in [0.05, 0.1) is 12.1 Å². The van der Waals surface area contributed by atoms with Gasteiger partial charge in [0.15, 0.2) is 0 Å². The first-order valence-electron chi connectivity index (χ1n) is 7.41. The molecule has 118 valence electrons. The zero-order valence-electron chi connectivity index (χ0n) is 13.0. The lowest BCUT2D eigenvalue weighted by Crippen LogP contribution is -2.50. The summed E-state index contributed by atoms with van der Waals surface area (Å²) in [5, 5.41) is 6.41. The number of benzene rings is 1. The molecule has 1 saturated heterocycles. The van der Waals surface area contributed by atoms with Crippen LogP contribution in [0.25, 0.3) is 0 Å². The maximum Gasteiger partial charge on any atom is 0.244 e. The van der Waals surface area contributed by atoms with Crippen LogP contribution in [0.2, 0.25) is 0 Å². The molecule has 1 aromatic rings. The summed E-state index contributed by atoms with van der Waals surface area (Å²) < 4.78 is 5.46. The van der Waals surface area contributed by atoms with E-state index >= 15 is 0 Å². The van der Waals surface area contributed by atoms with Crippen molar-refractivity contribution in [2.45, 2.75) is 45.6 Å². The zero-order valence-corrected chi connectivity index (χ0v) is 13.8. The molecule has 2 N–H and O–H groups in total. The number of amides is 1. The first kappa shape index (κ1) is 17.8. The minimum atomic E-state index is -0.398. The van der Waals surface area contributed by atoms with Gasteiger partial charge in [0.25, 0.3) is 0 Å². The monoisotopic (exact) mass is 312 g/mol. The normalized spacial score (nSPS) is 20.7. The smallest absolute Gasteiger partial charge is 0.244 e. The van der Waals surface area contributed by atoms with Crippen molar-refractivity contribution in [2.75, 3.05) is 18.5 Å². The molecule has 0 radical (unpaired) electrons. The molecule has 2 rings (SSSR count). The molecule has 5 heteroatoms. The van der Waals surface area contributed by atoms with E-state index in [1.165, 1.54) is 0 Å². The average molecular weight is 313 g/mol. The molecule has 0 spiro atoms. The Hall–Kier alpha value is -1.26. The second-order valence-corrected chi connectivity index (χ2v) is 5.33. The molecular formula is C16H25ClN2O2. The lowest BCUT2D eigenvalue weighted by atomic mass is 9.93. The van der Waals surface area contributed by atoms with Crippen LogP contribution in [0.4, 0.5) is 5.69 Å². The maximum absolute atomic E-state index is 12.5. The highest BCUT2D eigenvalue weighted by Crippen LogP contribution is 2.27. The van der Waals surface area contributed by atoms with Gasteiger partial charge in [0.2, 0.25) is 5.91 Å². The lowest BCUT2D eigenvalue weighted by molar-refractivity contribution is -0.122. The van der Waals surface area contributed by atoms with Gasteiger partial charge in [-0.1, -0.05) is 6.92 Å². The molecule has 1 aromatic carbocycles. The molecule has 4 nitrogen and oxygen atoms in total. The topological polar surface area (TPSA) is 50.4 Å². The van der Waals surface area contributed by atoms with Crippen LogP contribution in [0.1, 0.15) is 38.7 Å². The average Bonchev–Trinajstić information content (AvgIpc) is 2.92. The van der Waals surface area contributed by atoms with E-state index in [4.69, 9.17) is 4.74 Å². The van der Waals surface area contributed by atoms with Gasteiger partial charge in [0, 0.05) is 5.69 Å². The maximum atomic E-state index is 12.5. The van der Waals surface area contributed by atoms with E-state index in [2.05, 4.69) is 17.6 Å². The molecule has 0 bridgehead atoms. The number of carbonyl (C=O) groups excluding carboxylic acids is 1. The van der Waals surface area contributed by atoms with E-state index in [1.54, 1.807) is 0 Å². The summed E-state index contributed by atoms with van der Waals surface area (Å²) in [6, 6.07) is 5.77. The van der Waals surface area contributed by atoms with Crippen molar-refractivity contribution in [1.82, 2.24) is 5.32 Å². The van der Waals surface area contributed by atoms with E-state index in [9.17, 15) is 4.79 Å². The zero-order chi connectivity index (χ0) is 14.6. The third-order valence-electron chi connectivity index (χ3n) is 4.04. The first-order chi connectivity index (χ1) is 9.61. The Labute approximate surface area is 133 Å². The molecule has 1 unspecified atom stereocenters. The number of carbonyl (C=O) groups is 1. The van der Waals surface area contributed by atoms with Gasteiger partial charge in [-0.25, -0.2) is 0 Å². The fraction of sp³-hybridized carbons (Fsp3) is 0.562. The Bertz CT molecular complexity index is 485. The largest absolute Gasteiger partial charge is 0.494 e. The standard InChI is InChI=1S/C16H24N2O2.ClH/c1-4-16(9-6-10-17-16)15(19)18-14-8-7-13(20-5-2)11-12(14)3;/h7-8,11,17H,4-6,9-10H2,1-3H3,(H,18,19);1H. The number of nitrogens with one attached hydrogen (secondary N) is 2. The number of rotatable bonds is 5. The lowest BCUT2D eigenvalue weighted by Gasteiger charge is -2.27. The van der Waals surface area contributed by atoms with Gasteiger partial charge in [-0.05, 0) is 63.4 Å². The molecule has 1 amide bonds. The molecule has 1 fully saturated rings. The second kappa shape index (κ2) is 7.66. The van der Waals surface area contributed by atoms with Gasteiger partial charge in [-0.15, -0.1) is 12.4 Å². The van der Waals surface area contributed by atoms with Crippen LogP contribution in [0.3, 0.4) is 0 Å². The number of hydrogen-bond acceptors (Lipinski definition) is 3. The molecule has 1 aliphatic heterocycles. The summed E-state index contributed by atoms with van der Waals surface area (Å²) in [6.45, 7) is 7.57. The molecular weight excluding hydrogens is 288 g/mol. The van der Waals surface area contributed by atoms with Crippen molar-refractivity contribution in [3.05, 3.63) is 23.8 Å². The van der Waals surface area contributed by atoms with Crippen molar-refractivity contribution in [3.8, 4) is 5.75 Å². The highest BCUT2D eigenvalue weighted by atomic mass is 35.5. The van der Waals surface area contributed by atoms with Crippen molar-refractivity contribution in [2.24, 2.45) is 0 Å². The quantitative estimate of drug-likeness (QED) is 0.877. The van der Waals surface area contributed by atoms with Crippen LogP contribution in [-0.2, 0) is 4.79 Å². The van der Waals surface area contributed by atoms with Crippen molar-refractivity contribution >= 4 is 24.0 Å². The molecule has 0 aromatic heterocycles. The van der Waals surface area contributed by atoms with E-state index in [-0.39, 0.29) is 18.3 Å². The number of anilines is 1. The minimum Gasteiger partial charge on any atom is -0.494 e. The van der Waals surface area contributed by atoms with Crippen LogP contribution >= 0.6 is 12.4 Å². The van der Waals surface area contributed by atoms with Crippen LogP contribution < -0.4 is 15.4 Å². The fourth-order valence-corrected chi connectivity index (χ4v) is 2.74. The summed E-state index contributed by atoms with van der Waals surface area (Å²) in [5.41, 5.74) is 1.49. The summed E-state index contributed by atoms with van der Waals surface area (Å²) in [7, 11) is 0. The highest BCUT2D eigenvalue weighted by Gasteiger charge is 2.39.